The molecule has 160 valence electrons. The summed E-state index contributed by atoms with van der Waals surface area (Å²) in [5, 5.41) is 11.2. The van der Waals surface area contributed by atoms with Crippen molar-refractivity contribution < 1.29 is 9.53 Å². The number of nitrogens with zero attached hydrogens (tertiary/aromatic N) is 2. The fourth-order valence-electron chi connectivity index (χ4n) is 3.66. The summed E-state index contributed by atoms with van der Waals surface area (Å²) in [7, 11) is 0. The van der Waals surface area contributed by atoms with Crippen molar-refractivity contribution in [1.82, 2.24) is 20.1 Å². The number of rotatable bonds is 5. The van der Waals surface area contributed by atoms with Crippen molar-refractivity contribution in [2.24, 2.45) is 0 Å². The van der Waals surface area contributed by atoms with Gasteiger partial charge in [-0.3, -0.25) is 5.10 Å². The number of carbonyl (C=O) groups excluding carboxylic acids is 1. The minimum atomic E-state index is -0.498. The Balaban J connectivity index is 1.56. The van der Waals surface area contributed by atoms with Crippen LogP contribution in [-0.2, 0) is 4.74 Å². The van der Waals surface area contributed by atoms with Crippen molar-refractivity contribution in [3.05, 3.63) is 72.7 Å². The Kier molecular flexibility index (Phi) is 5.55. The summed E-state index contributed by atoms with van der Waals surface area (Å²) in [6.45, 7) is 8.19. The lowest BCUT2D eigenvalue weighted by Gasteiger charge is -2.21. The Morgan fingerprint density at radius 3 is 2.52 bits per heavy atom. The van der Waals surface area contributed by atoms with Gasteiger partial charge in [-0.25, -0.2) is 4.79 Å². The molecule has 6 heteroatoms. The van der Waals surface area contributed by atoms with Crippen molar-refractivity contribution in [1.29, 1.82) is 0 Å². The lowest BCUT2D eigenvalue weighted by molar-refractivity contribution is 0.0525. The van der Waals surface area contributed by atoms with Gasteiger partial charge in [0.2, 0.25) is 0 Å². The van der Waals surface area contributed by atoms with Crippen molar-refractivity contribution in [3.8, 4) is 16.8 Å². The standard InChI is InChI=1S/C25H28N4O2/c1-17(15-26-24(30)31-25(2,3)4)18-7-9-19(10-8-18)20-11-12-22-21(16-27-28-22)23(20)29-13-5-6-14-29/h5-14,16-17H,15H2,1-4H3,(H,26,30)(H,27,28). The molecule has 2 aromatic heterocycles. The van der Waals surface area contributed by atoms with Crippen LogP contribution in [0.4, 0.5) is 4.79 Å². The van der Waals surface area contributed by atoms with Gasteiger partial charge in [0.15, 0.2) is 0 Å². The van der Waals surface area contributed by atoms with Crippen LogP contribution in [0.2, 0.25) is 0 Å². The topological polar surface area (TPSA) is 71.9 Å². The van der Waals surface area contributed by atoms with Crippen LogP contribution >= 0.6 is 0 Å². The van der Waals surface area contributed by atoms with Crippen molar-refractivity contribution >= 4 is 17.0 Å². The van der Waals surface area contributed by atoms with E-state index in [0.717, 1.165) is 33.3 Å². The first-order valence-corrected chi connectivity index (χ1v) is 10.5. The first kappa shape index (κ1) is 20.7. The monoisotopic (exact) mass is 416 g/mol. The summed E-state index contributed by atoms with van der Waals surface area (Å²) in [6.07, 6.45) is 5.57. The molecule has 4 rings (SSSR count). The van der Waals surface area contributed by atoms with E-state index in [0.29, 0.717) is 6.54 Å². The molecule has 6 nitrogen and oxygen atoms in total. The van der Waals surface area contributed by atoms with Gasteiger partial charge in [0.05, 0.1) is 17.4 Å². The Morgan fingerprint density at radius 1 is 1.13 bits per heavy atom. The average molecular weight is 417 g/mol. The normalized spacial score (nSPS) is 12.6. The SMILES string of the molecule is CC(CNC(=O)OC(C)(C)C)c1ccc(-c2ccc3[nH]ncc3c2-n2cccc2)cc1. The fourth-order valence-corrected chi connectivity index (χ4v) is 3.66. The summed E-state index contributed by atoms with van der Waals surface area (Å²) in [4.78, 5) is 11.9. The van der Waals surface area contributed by atoms with Crippen LogP contribution in [0.25, 0.3) is 27.7 Å². The zero-order valence-corrected chi connectivity index (χ0v) is 18.3. The minimum absolute atomic E-state index is 0.168. The molecule has 0 saturated carbocycles. The maximum Gasteiger partial charge on any atom is 0.407 e. The van der Waals surface area contributed by atoms with Crippen molar-refractivity contribution in [2.75, 3.05) is 6.54 Å². The van der Waals surface area contributed by atoms with E-state index >= 15 is 0 Å². The number of fused-ring (bicyclic) bond motifs is 1. The molecule has 4 aromatic rings. The fraction of sp³-hybridized carbons (Fsp3) is 0.280. The Hall–Kier alpha value is -3.54. The van der Waals surface area contributed by atoms with Crippen LogP contribution < -0.4 is 5.32 Å². The summed E-state index contributed by atoms with van der Waals surface area (Å²) >= 11 is 0. The molecular formula is C25H28N4O2. The van der Waals surface area contributed by atoms with Gasteiger partial charge >= 0.3 is 6.09 Å². The lowest BCUT2D eigenvalue weighted by Crippen LogP contribution is -2.34. The van der Waals surface area contributed by atoms with E-state index in [-0.39, 0.29) is 12.0 Å². The highest BCUT2D eigenvalue weighted by molar-refractivity contribution is 5.95. The number of alkyl carbamates (subject to hydrolysis) is 1. The third kappa shape index (κ3) is 4.63. The third-order valence-electron chi connectivity index (χ3n) is 5.20. The van der Waals surface area contributed by atoms with Crippen LogP contribution in [0.5, 0.6) is 0 Å². The summed E-state index contributed by atoms with van der Waals surface area (Å²) in [6, 6.07) is 16.7. The molecule has 0 spiro atoms. The largest absolute Gasteiger partial charge is 0.444 e. The van der Waals surface area contributed by atoms with Crippen LogP contribution in [0.1, 0.15) is 39.2 Å². The first-order valence-electron chi connectivity index (χ1n) is 10.5. The zero-order valence-electron chi connectivity index (χ0n) is 18.3. The smallest absolute Gasteiger partial charge is 0.407 e. The van der Waals surface area contributed by atoms with E-state index in [1.807, 2.05) is 51.5 Å². The number of aromatic amines is 1. The maximum atomic E-state index is 11.9. The highest BCUT2D eigenvalue weighted by atomic mass is 16.6. The van der Waals surface area contributed by atoms with Gasteiger partial charge in [0, 0.05) is 29.9 Å². The predicted molar refractivity (Wildman–Crippen MR) is 124 cm³/mol. The molecule has 0 saturated heterocycles. The number of aromatic nitrogens is 3. The van der Waals surface area contributed by atoms with Crippen molar-refractivity contribution in [3.63, 3.8) is 0 Å². The number of amides is 1. The second-order valence-electron chi connectivity index (χ2n) is 8.79. The van der Waals surface area contributed by atoms with Gasteiger partial charge in [-0.05, 0) is 56.0 Å². The minimum Gasteiger partial charge on any atom is -0.444 e. The number of hydrogen-bond acceptors (Lipinski definition) is 3. The van der Waals surface area contributed by atoms with Gasteiger partial charge < -0.3 is 14.6 Å². The Morgan fingerprint density at radius 2 is 1.84 bits per heavy atom. The van der Waals surface area contributed by atoms with Gasteiger partial charge in [-0.2, -0.15) is 5.10 Å². The zero-order chi connectivity index (χ0) is 22.0. The molecular weight excluding hydrogens is 388 g/mol. The van der Waals surface area contributed by atoms with E-state index in [1.165, 1.54) is 0 Å². The number of ether oxygens (including phenoxy) is 1. The van der Waals surface area contributed by atoms with E-state index < -0.39 is 5.60 Å². The second-order valence-corrected chi connectivity index (χ2v) is 8.79. The van der Waals surface area contributed by atoms with Crippen LogP contribution in [0.3, 0.4) is 0 Å². The molecule has 31 heavy (non-hydrogen) atoms. The van der Waals surface area contributed by atoms with Crippen LogP contribution in [-0.4, -0.2) is 33.0 Å². The molecule has 2 aromatic carbocycles. The highest BCUT2D eigenvalue weighted by Gasteiger charge is 2.17. The lowest BCUT2D eigenvalue weighted by atomic mass is 9.96. The Bertz CT molecular complexity index is 1170. The van der Waals surface area contributed by atoms with E-state index in [4.69, 9.17) is 4.74 Å². The molecule has 0 radical (unpaired) electrons. The molecule has 2 N–H and O–H groups in total. The molecule has 0 bridgehead atoms. The van der Waals surface area contributed by atoms with E-state index in [1.54, 1.807) is 0 Å². The van der Waals surface area contributed by atoms with Crippen LogP contribution in [0, 0.1) is 0 Å². The predicted octanol–water partition coefficient (Wildman–Crippen LogP) is 5.65. The van der Waals surface area contributed by atoms with E-state index in [2.05, 4.69) is 63.4 Å². The number of carbonyl (C=O) groups is 1. The maximum absolute atomic E-state index is 11.9. The van der Waals surface area contributed by atoms with Crippen LogP contribution in [0.15, 0.2) is 67.1 Å². The molecule has 2 heterocycles. The molecule has 0 fully saturated rings. The van der Waals surface area contributed by atoms with E-state index in [9.17, 15) is 4.79 Å². The second kappa shape index (κ2) is 8.30. The van der Waals surface area contributed by atoms with Crippen molar-refractivity contribution in [2.45, 2.75) is 39.2 Å². The highest BCUT2D eigenvalue weighted by Crippen LogP contribution is 2.33. The number of benzene rings is 2. The first-order chi connectivity index (χ1) is 14.8. The van der Waals surface area contributed by atoms with Gasteiger partial charge in [0.1, 0.15) is 5.60 Å². The Labute approximate surface area is 182 Å². The number of hydrogen-bond donors (Lipinski definition) is 2. The quantitative estimate of drug-likeness (QED) is 0.442. The molecule has 1 amide bonds. The average Bonchev–Trinajstić information content (AvgIpc) is 3.42. The summed E-state index contributed by atoms with van der Waals surface area (Å²) in [5.41, 5.74) is 5.03. The van der Waals surface area contributed by atoms with Gasteiger partial charge in [-0.1, -0.05) is 37.3 Å². The summed E-state index contributed by atoms with van der Waals surface area (Å²) < 4.78 is 7.44. The molecule has 0 aliphatic heterocycles. The van der Waals surface area contributed by atoms with Gasteiger partial charge in [-0.15, -0.1) is 0 Å². The number of nitrogens with one attached hydrogen (secondary N) is 2. The molecule has 0 aliphatic carbocycles. The molecule has 1 unspecified atom stereocenters. The molecule has 1 atom stereocenters. The molecule has 0 aliphatic rings. The number of H-pyrrole nitrogens is 1. The third-order valence-corrected chi connectivity index (χ3v) is 5.20. The summed E-state index contributed by atoms with van der Waals surface area (Å²) in [5.74, 6) is 0.168. The van der Waals surface area contributed by atoms with Gasteiger partial charge in [0.25, 0.3) is 0 Å².